The van der Waals surface area contributed by atoms with Crippen LogP contribution in [0.2, 0.25) is 0 Å². The number of anilines is 1. The fourth-order valence-corrected chi connectivity index (χ4v) is 4.49. The van der Waals surface area contributed by atoms with Gasteiger partial charge < -0.3 is 20.3 Å². The van der Waals surface area contributed by atoms with Gasteiger partial charge in [0.2, 0.25) is 0 Å². The lowest BCUT2D eigenvalue weighted by Crippen LogP contribution is -2.54. The van der Waals surface area contributed by atoms with Crippen LogP contribution in [-0.4, -0.2) is 49.0 Å². The number of carbonyl (C=O) groups is 1. The number of hydrogen-bond acceptors (Lipinski definition) is 7. The van der Waals surface area contributed by atoms with E-state index in [0.29, 0.717) is 24.7 Å². The minimum absolute atomic E-state index is 0.0395. The normalized spacial score (nSPS) is 18.7. The van der Waals surface area contributed by atoms with Crippen LogP contribution in [0.5, 0.6) is 0 Å². The molecule has 0 saturated carbocycles. The number of para-hydroxylation sites is 2. The van der Waals surface area contributed by atoms with E-state index in [1.54, 1.807) is 0 Å². The molecular weight excluding hydrogens is 438 g/mol. The first-order valence-electron chi connectivity index (χ1n) is 12.4. The number of hydrogen-bond donors (Lipinski definition) is 2. The molecule has 2 aliphatic rings. The van der Waals surface area contributed by atoms with E-state index < -0.39 is 5.97 Å². The van der Waals surface area contributed by atoms with Crippen molar-refractivity contribution in [2.24, 2.45) is 10.9 Å². The van der Waals surface area contributed by atoms with Crippen LogP contribution in [0.4, 0.5) is 11.4 Å². The number of aliphatic imine (C=N–C) groups is 1. The molecule has 2 aliphatic heterocycles. The minimum atomic E-state index is -0.607. The van der Waals surface area contributed by atoms with Crippen molar-refractivity contribution in [2.45, 2.75) is 39.2 Å². The van der Waals surface area contributed by atoms with Gasteiger partial charge in [0.15, 0.2) is 11.4 Å². The zero-order valence-electron chi connectivity index (χ0n) is 20.5. The Morgan fingerprint density at radius 2 is 1.91 bits per heavy atom. The van der Waals surface area contributed by atoms with Crippen molar-refractivity contribution in [3.8, 4) is 6.07 Å². The van der Waals surface area contributed by atoms with Crippen LogP contribution in [0, 0.1) is 17.2 Å². The summed E-state index contributed by atoms with van der Waals surface area (Å²) in [5, 5.41) is 16.9. The van der Waals surface area contributed by atoms with Crippen molar-refractivity contribution in [1.82, 2.24) is 10.2 Å². The first-order chi connectivity index (χ1) is 17.1. The summed E-state index contributed by atoms with van der Waals surface area (Å²) in [6, 6.07) is 20.4. The van der Waals surface area contributed by atoms with Gasteiger partial charge in [-0.2, -0.15) is 5.26 Å². The molecule has 7 nitrogen and oxygen atoms in total. The Balaban J connectivity index is 1.63. The Morgan fingerprint density at radius 1 is 1.17 bits per heavy atom. The summed E-state index contributed by atoms with van der Waals surface area (Å²) in [6.45, 7) is 6.67. The maximum atomic E-state index is 13.0. The van der Waals surface area contributed by atoms with Crippen molar-refractivity contribution in [3.63, 3.8) is 0 Å². The average molecular weight is 472 g/mol. The zero-order chi connectivity index (χ0) is 24.6. The maximum Gasteiger partial charge on any atom is 0.351 e. The highest BCUT2D eigenvalue weighted by Crippen LogP contribution is 2.33. The van der Waals surface area contributed by atoms with Crippen LogP contribution in [0.1, 0.15) is 32.3 Å². The highest BCUT2D eigenvalue weighted by Gasteiger charge is 2.31. The molecule has 1 fully saturated rings. The van der Waals surface area contributed by atoms with Crippen molar-refractivity contribution >= 4 is 23.2 Å². The monoisotopic (exact) mass is 471 g/mol. The fourth-order valence-electron chi connectivity index (χ4n) is 4.49. The number of esters is 1. The Bertz CT molecular complexity index is 1130. The molecule has 2 heterocycles. The van der Waals surface area contributed by atoms with Crippen LogP contribution in [0.15, 0.2) is 70.9 Å². The summed E-state index contributed by atoms with van der Waals surface area (Å²) >= 11 is 0. The van der Waals surface area contributed by atoms with Gasteiger partial charge in [-0.15, -0.1) is 0 Å². The fraction of sp³-hybridized carbons (Fsp3) is 0.393. The third kappa shape index (κ3) is 5.90. The number of carbonyl (C=O) groups excluding carboxylic acids is 1. The highest BCUT2D eigenvalue weighted by atomic mass is 16.5. The quantitative estimate of drug-likeness (QED) is 0.353. The van der Waals surface area contributed by atoms with Gasteiger partial charge in [-0.05, 0) is 30.0 Å². The molecule has 0 aromatic heterocycles. The summed E-state index contributed by atoms with van der Waals surface area (Å²) in [7, 11) is 0. The van der Waals surface area contributed by atoms with Gasteiger partial charge in [0.05, 0.1) is 18.0 Å². The largest absolute Gasteiger partial charge is 0.461 e. The molecule has 0 radical (unpaired) electrons. The molecular formula is C28H33N5O2. The molecule has 0 spiro atoms. The number of nitrogens with one attached hydrogen (secondary N) is 2. The molecule has 0 amide bonds. The van der Waals surface area contributed by atoms with E-state index in [4.69, 9.17) is 9.73 Å². The molecule has 0 aliphatic carbocycles. The molecule has 2 aromatic rings. The van der Waals surface area contributed by atoms with E-state index in [1.165, 1.54) is 5.56 Å². The van der Waals surface area contributed by atoms with Crippen LogP contribution < -0.4 is 10.6 Å². The molecule has 1 atom stereocenters. The van der Waals surface area contributed by atoms with Gasteiger partial charge in [-0.25, -0.2) is 9.79 Å². The van der Waals surface area contributed by atoms with Gasteiger partial charge >= 0.3 is 5.97 Å². The van der Waals surface area contributed by atoms with Crippen LogP contribution in [0.25, 0.3) is 0 Å². The number of amidine groups is 1. The molecule has 35 heavy (non-hydrogen) atoms. The van der Waals surface area contributed by atoms with Crippen molar-refractivity contribution in [3.05, 3.63) is 71.4 Å². The smallest absolute Gasteiger partial charge is 0.351 e. The first-order valence-corrected chi connectivity index (χ1v) is 12.4. The predicted octanol–water partition coefficient (Wildman–Crippen LogP) is 4.42. The lowest BCUT2D eigenvalue weighted by atomic mass is 10.0. The first kappa shape index (κ1) is 24.5. The summed E-state index contributed by atoms with van der Waals surface area (Å²) in [5.41, 5.74) is 3.19. The second-order valence-corrected chi connectivity index (χ2v) is 9.01. The summed E-state index contributed by atoms with van der Waals surface area (Å²) < 4.78 is 5.57. The highest BCUT2D eigenvalue weighted by molar-refractivity contribution is 6.12. The number of nitriles is 1. The number of rotatable bonds is 7. The Hall–Kier alpha value is -3.63. The van der Waals surface area contributed by atoms with Crippen LogP contribution >= 0.6 is 0 Å². The van der Waals surface area contributed by atoms with E-state index in [-0.39, 0.29) is 17.5 Å². The van der Waals surface area contributed by atoms with Gasteiger partial charge in [0, 0.05) is 25.7 Å². The second kappa shape index (κ2) is 11.7. The third-order valence-electron chi connectivity index (χ3n) is 6.66. The minimum Gasteiger partial charge on any atom is -0.461 e. The molecule has 4 rings (SSSR count). The maximum absolute atomic E-state index is 13.0. The second-order valence-electron chi connectivity index (χ2n) is 9.01. The third-order valence-corrected chi connectivity index (χ3v) is 6.66. The lowest BCUT2D eigenvalue weighted by Gasteiger charge is -2.38. The standard InChI is InChI=1S/C28H33N5O2/c1-3-20(4-2)19-35-28(34)23(17-29)26-27(32-25-13-9-8-12-24(25)31-26)33-15-14-30-22(18-33)16-21-10-6-5-7-11-21/h5-13,20,22,30-31H,3-4,14-16,18-19H2,1-2H3/b26-23+. The zero-order valence-corrected chi connectivity index (χ0v) is 20.5. The topological polar surface area (TPSA) is 89.8 Å². The van der Waals surface area contributed by atoms with E-state index in [2.05, 4.69) is 59.7 Å². The molecule has 1 saturated heterocycles. The molecule has 2 N–H and O–H groups in total. The number of fused-ring (bicyclic) bond motifs is 1. The van der Waals surface area contributed by atoms with Crippen LogP contribution in [0.3, 0.4) is 0 Å². The number of piperazine rings is 1. The van der Waals surface area contributed by atoms with E-state index in [9.17, 15) is 10.1 Å². The van der Waals surface area contributed by atoms with Crippen molar-refractivity contribution < 1.29 is 9.53 Å². The van der Waals surface area contributed by atoms with Gasteiger partial charge in [0.25, 0.3) is 0 Å². The Kier molecular flexibility index (Phi) is 8.17. The van der Waals surface area contributed by atoms with Crippen LogP contribution in [-0.2, 0) is 16.0 Å². The molecule has 7 heteroatoms. The number of ether oxygens (including phenoxy) is 1. The Morgan fingerprint density at radius 3 is 2.66 bits per heavy atom. The summed E-state index contributed by atoms with van der Waals surface area (Å²) in [5.74, 6) is 0.285. The van der Waals surface area contributed by atoms with E-state index in [0.717, 1.165) is 43.7 Å². The Labute approximate surface area is 207 Å². The molecule has 182 valence electrons. The SMILES string of the molecule is CCC(CC)COC(=O)/C(C#N)=C1/Nc2ccccc2N=C1N1CCNC(Cc2ccccc2)C1. The molecule has 1 unspecified atom stereocenters. The van der Waals surface area contributed by atoms with Gasteiger partial charge in [0.1, 0.15) is 11.8 Å². The van der Waals surface area contributed by atoms with E-state index >= 15 is 0 Å². The van der Waals surface area contributed by atoms with Gasteiger partial charge in [-0.3, -0.25) is 0 Å². The summed E-state index contributed by atoms with van der Waals surface area (Å²) in [4.78, 5) is 20.1. The molecule has 0 bridgehead atoms. The lowest BCUT2D eigenvalue weighted by molar-refractivity contribution is -0.140. The average Bonchev–Trinajstić information content (AvgIpc) is 2.90. The van der Waals surface area contributed by atoms with Gasteiger partial charge in [-0.1, -0.05) is 69.2 Å². The van der Waals surface area contributed by atoms with E-state index in [1.807, 2.05) is 30.3 Å². The van der Waals surface area contributed by atoms with Crippen molar-refractivity contribution in [1.29, 1.82) is 5.26 Å². The van der Waals surface area contributed by atoms with Crippen molar-refractivity contribution in [2.75, 3.05) is 31.6 Å². The number of benzene rings is 2. The molecule has 2 aromatic carbocycles. The predicted molar refractivity (Wildman–Crippen MR) is 138 cm³/mol. The number of nitrogens with zero attached hydrogens (tertiary/aromatic N) is 3. The summed E-state index contributed by atoms with van der Waals surface area (Å²) in [6.07, 6.45) is 2.73.